The Morgan fingerprint density at radius 2 is 1.84 bits per heavy atom. The summed E-state index contributed by atoms with van der Waals surface area (Å²) in [6, 6.07) is 11.3. The number of aromatic nitrogens is 3. The molecule has 0 unspecified atom stereocenters. The van der Waals surface area contributed by atoms with Crippen molar-refractivity contribution < 1.29 is 22.8 Å². The average Bonchev–Trinajstić information content (AvgIpc) is 3.20. The molecule has 0 fully saturated rings. The molecule has 12 heteroatoms. The van der Waals surface area contributed by atoms with E-state index in [9.17, 15) is 18.0 Å². The zero-order valence-corrected chi connectivity index (χ0v) is 18.3. The van der Waals surface area contributed by atoms with Gasteiger partial charge in [0.05, 0.1) is 33.8 Å². The van der Waals surface area contributed by atoms with E-state index in [-0.39, 0.29) is 27.0 Å². The number of nitrogens with zero attached hydrogens (tertiary/aromatic N) is 4. The first-order valence-corrected chi connectivity index (χ1v) is 11.0. The lowest BCUT2D eigenvalue weighted by atomic mass is 10.1. The number of para-hydroxylation sites is 1. The molecule has 1 aromatic heterocycles. The first-order valence-electron chi connectivity index (χ1n) is 8.76. The Labute approximate surface area is 183 Å². The molecular weight excluding hydrogens is 446 g/mol. The van der Waals surface area contributed by atoms with Gasteiger partial charge in [0.15, 0.2) is 9.84 Å². The first-order chi connectivity index (χ1) is 14.6. The van der Waals surface area contributed by atoms with Gasteiger partial charge in [-0.05, 0) is 24.3 Å². The van der Waals surface area contributed by atoms with Gasteiger partial charge in [-0.15, -0.1) is 0 Å². The van der Waals surface area contributed by atoms with Crippen LogP contribution in [0.15, 0.2) is 53.7 Å². The molecule has 1 heterocycles. The van der Waals surface area contributed by atoms with Crippen LogP contribution >= 0.6 is 11.6 Å². The fourth-order valence-electron chi connectivity index (χ4n) is 2.74. The molecule has 0 radical (unpaired) electrons. The highest BCUT2D eigenvalue weighted by molar-refractivity contribution is 7.90. The molecule has 0 aliphatic carbocycles. The highest BCUT2D eigenvalue weighted by atomic mass is 35.5. The number of carbonyl (C=O) groups is 2. The predicted octanol–water partition coefficient (Wildman–Crippen LogP) is 2.21. The van der Waals surface area contributed by atoms with Gasteiger partial charge in [0.25, 0.3) is 11.8 Å². The quantitative estimate of drug-likeness (QED) is 0.556. The smallest absolute Gasteiger partial charge is 0.280 e. The van der Waals surface area contributed by atoms with Crippen molar-refractivity contribution in [3.05, 3.63) is 64.9 Å². The van der Waals surface area contributed by atoms with Crippen molar-refractivity contribution in [2.75, 3.05) is 25.7 Å². The summed E-state index contributed by atoms with van der Waals surface area (Å²) in [6.45, 7) is 0. The van der Waals surface area contributed by atoms with Crippen LogP contribution in [0.5, 0.6) is 0 Å². The van der Waals surface area contributed by atoms with Crippen molar-refractivity contribution in [3.8, 4) is 5.69 Å². The number of anilines is 1. The first kappa shape index (κ1) is 22.4. The van der Waals surface area contributed by atoms with Crippen LogP contribution in [0.4, 0.5) is 5.95 Å². The molecule has 3 aromatic rings. The molecule has 2 amide bonds. The van der Waals surface area contributed by atoms with E-state index in [0.29, 0.717) is 5.69 Å². The Hall–Kier alpha value is -3.28. The van der Waals surface area contributed by atoms with Crippen LogP contribution < -0.4 is 5.32 Å². The summed E-state index contributed by atoms with van der Waals surface area (Å²) in [6.07, 6.45) is 2.20. The summed E-state index contributed by atoms with van der Waals surface area (Å²) in [4.78, 5) is 34.2. The third kappa shape index (κ3) is 4.58. The van der Waals surface area contributed by atoms with Crippen LogP contribution in [-0.2, 0) is 14.7 Å². The fraction of sp³-hybridized carbons (Fsp3) is 0.158. The minimum Gasteiger partial charge on any atom is -0.290 e. The SMILES string of the molecule is CON(C)C(=O)c1c(S(C)(=O)=O)ccc(C(=O)Nc2ncnn2-c2ccccc2)c1Cl. The number of hydrogen-bond donors (Lipinski definition) is 1. The van der Waals surface area contributed by atoms with E-state index in [4.69, 9.17) is 16.4 Å². The van der Waals surface area contributed by atoms with Crippen LogP contribution in [0.1, 0.15) is 20.7 Å². The van der Waals surface area contributed by atoms with Gasteiger partial charge in [-0.2, -0.15) is 14.8 Å². The van der Waals surface area contributed by atoms with Crippen molar-refractivity contribution >= 4 is 39.2 Å². The van der Waals surface area contributed by atoms with Crippen molar-refractivity contribution in [1.29, 1.82) is 0 Å². The van der Waals surface area contributed by atoms with E-state index in [0.717, 1.165) is 17.4 Å². The molecule has 0 saturated carbocycles. The average molecular weight is 464 g/mol. The zero-order chi connectivity index (χ0) is 22.8. The van der Waals surface area contributed by atoms with Gasteiger partial charge in [0.2, 0.25) is 5.95 Å². The van der Waals surface area contributed by atoms with Gasteiger partial charge in [-0.3, -0.25) is 19.7 Å². The van der Waals surface area contributed by atoms with E-state index in [1.165, 1.54) is 31.2 Å². The van der Waals surface area contributed by atoms with Gasteiger partial charge < -0.3 is 0 Å². The molecule has 0 saturated heterocycles. The third-order valence-electron chi connectivity index (χ3n) is 4.30. The number of halogens is 1. The Balaban J connectivity index is 2.04. The number of sulfone groups is 1. The van der Waals surface area contributed by atoms with Crippen molar-refractivity contribution in [2.24, 2.45) is 0 Å². The molecule has 1 N–H and O–H groups in total. The van der Waals surface area contributed by atoms with E-state index < -0.39 is 21.7 Å². The summed E-state index contributed by atoms with van der Waals surface area (Å²) in [7, 11) is -1.30. The number of carbonyl (C=O) groups excluding carboxylic acids is 2. The van der Waals surface area contributed by atoms with Crippen LogP contribution in [0.25, 0.3) is 5.69 Å². The second-order valence-corrected chi connectivity index (χ2v) is 8.70. The minimum absolute atomic E-state index is 0.112. The number of benzene rings is 2. The molecule has 162 valence electrons. The molecule has 0 spiro atoms. The molecule has 2 aromatic carbocycles. The molecule has 0 aliphatic heterocycles. The van der Waals surface area contributed by atoms with E-state index in [1.54, 1.807) is 24.3 Å². The lowest BCUT2D eigenvalue weighted by Crippen LogP contribution is -2.28. The molecular formula is C19H18ClN5O5S. The van der Waals surface area contributed by atoms with Gasteiger partial charge in [0.1, 0.15) is 6.33 Å². The molecule has 0 aliphatic rings. The number of rotatable bonds is 6. The molecule has 0 atom stereocenters. The number of hydroxylamine groups is 2. The zero-order valence-electron chi connectivity index (χ0n) is 16.7. The van der Waals surface area contributed by atoms with Gasteiger partial charge in [-0.25, -0.2) is 13.5 Å². The van der Waals surface area contributed by atoms with Crippen LogP contribution in [0.2, 0.25) is 5.02 Å². The summed E-state index contributed by atoms with van der Waals surface area (Å²) >= 11 is 6.34. The Bertz CT molecular complexity index is 1240. The summed E-state index contributed by atoms with van der Waals surface area (Å²) in [5.41, 5.74) is 0.168. The summed E-state index contributed by atoms with van der Waals surface area (Å²) in [5, 5.41) is 7.13. The highest BCUT2D eigenvalue weighted by Crippen LogP contribution is 2.30. The van der Waals surface area contributed by atoms with Crippen molar-refractivity contribution in [2.45, 2.75) is 4.90 Å². The molecule has 0 bridgehead atoms. The van der Waals surface area contributed by atoms with Gasteiger partial charge >= 0.3 is 0 Å². The Kier molecular flexibility index (Phi) is 6.39. The van der Waals surface area contributed by atoms with Crippen molar-refractivity contribution in [3.63, 3.8) is 0 Å². The lowest BCUT2D eigenvalue weighted by molar-refractivity contribution is -0.0759. The highest BCUT2D eigenvalue weighted by Gasteiger charge is 2.28. The predicted molar refractivity (Wildman–Crippen MR) is 113 cm³/mol. The van der Waals surface area contributed by atoms with E-state index in [1.807, 2.05) is 6.07 Å². The largest absolute Gasteiger partial charge is 0.290 e. The number of amides is 2. The van der Waals surface area contributed by atoms with Crippen LogP contribution in [0.3, 0.4) is 0 Å². The van der Waals surface area contributed by atoms with E-state index >= 15 is 0 Å². The normalized spacial score (nSPS) is 11.2. The monoisotopic (exact) mass is 463 g/mol. The third-order valence-corrected chi connectivity index (χ3v) is 5.83. The standard InChI is InChI=1S/C19H18ClN5O5S/c1-24(30-2)18(27)15-14(31(3,28)29)10-9-13(16(15)20)17(26)23-19-21-11-22-25(19)12-7-5-4-6-8-12/h4-11H,1-3H3,(H,21,22,23,26). The second-order valence-electron chi connectivity index (χ2n) is 6.34. The van der Waals surface area contributed by atoms with Gasteiger partial charge in [-0.1, -0.05) is 29.8 Å². The maximum atomic E-state index is 12.9. The number of nitrogens with one attached hydrogen (secondary N) is 1. The van der Waals surface area contributed by atoms with Crippen molar-refractivity contribution in [1.82, 2.24) is 19.8 Å². The lowest BCUT2D eigenvalue weighted by Gasteiger charge is -2.18. The molecule has 10 nitrogen and oxygen atoms in total. The maximum absolute atomic E-state index is 12.9. The summed E-state index contributed by atoms with van der Waals surface area (Å²) in [5.74, 6) is -1.42. The van der Waals surface area contributed by atoms with Crippen LogP contribution in [-0.4, -0.2) is 60.5 Å². The molecule has 3 rings (SSSR count). The summed E-state index contributed by atoms with van der Waals surface area (Å²) < 4.78 is 25.7. The van der Waals surface area contributed by atoms with E-state index in [2.05, 4.69) is 15.4 Å². The second kappa shape index (κ2) is 8.84. The minimum atomic E-state index is -3.82. The fourth-order valence-corrected chi connectivity index (χ4v) is 4.00. The number of hydrogen-bond acceptors (Lipinski definition) is 7. The molecule has 31 heavy (non-hydrogen) atoms. The Morgan fingerprint density at radius 1 is 1.16 bits per heavy atom. The Morgan fingerprint density at radius 3 is 2.45 bits per heavy atom. The van der Waals surface area contributed by atoms with Gasteiger partial charge in [0, 0.05) is 13.3 Å². The topological polar surface area (TPSA) is 123 Å². The maximum Gasteiger partial charge on any atom is 0.280 e. The van der Waals surface area contributed by atoms with Crippen LogP contribution in [0, 0.1) is 0 Å².